The predicted molar refractivity (Wildman–Crippen MR) is 108 cm³/mol. The Kier molecular flexibility index (Phi) is 6.89. The molecule has 0 spiro atoms. The zero-order valence-electron chi connectivity index (χ0n) is 15.4. The van der Waals surface area contributed by atoms with E-state index in [-0.39, 0.29) is 30.1 Å². The van der Waals surface area contributed by atoms with Gasteiger partial charge < -0.3 is 22.5 Å². The van der Waals surface area contributed by atoms with E-state index in [4.69, 9.17) is 17.2 Å². The van der Waals surface area contributed by atoms with Crippen LogP contribution < -0.4 is 22.5 Å². The first kappa shape index (κ1) is 20.4. The topological polar surface area (TPSA) is 149 Å². The number of nitrogens with one attached hydrogen (secondary N) is 1. The molecule has 0 fully saturated rings. The van der Waals surface area contributed by atoms with Gasteiger partial charge in [0, 0.05) is 24.1 Å². The maximum atomic E-state index is 11.3. The number of hydrogen-bond donors (Lipinski definition) is 4. The van der Waals surface area contributed by atoms with E-state index in [1.165, 1.54) is 18.3 Å². The van der Waals surface area contributed by atoms with Gasteiger partial charge in [-0.05, 0) is 30.5 Å². The molecule has 8 nitrogen and oxygen atoms in total. The first-order valence-electron chi connectivity index (χ1n) is 8.48. The smallest absolute Gasteiger partial charge is 0.223 e. The lowest BCUT2D eigenvalue weighted by Crippen LogP contribution is -2.21. The fraction of sp³-hybridized carbons (Fsp3) is 0.333. The summed E-state index contributed by atoms with van der Waals surface area (Å²) in [6.07, 6.45) is 1.67. The van der Waals surface area contributed by atoms with Crippen LogP contribution in [0.25, 0.3) is 0 Å². The van der Waals surface area contributed by atoms with Gasteiger partial charge in [0.05, 0.1) is 11.4 Å². The number of thiazole rings is 1. The van der Waals surface area contributed by atoms with E-state index in [9.17, 15) is 9.59 Å². The maximum absolute atomic E-state index is 11.3. The maximum Gasteiger partial charge on any atom is 0.223 e. The van der Waals surface area contributed by atoms with Crippen molar-refractivity contribution in [2.24, 2.45) is 22.2 Å². The van der Waals surface area contributed by atoms with Crippen molar-refractivity contribution in [3.05, 3.63) is 40.4 Å². The van der Waals surface area contributed by atoms with Gasteiger partial charge in [-0.25, -0.2) is 9.98 Å². The number of amides is 2. The van der Waals surface area contributed by atoms with Crippen LogP contribution in [0, 0.1) is 0 Å². The first-order valence-corrected chi connectivity index (χ1v) is 9.30. The largest absolute Gasteiger partial charge is 0.370 e. The summed E-state index contributed by atoms with van der Waals surface area (Å²) >= 11 is 1.39. The summed E-state index contributed by atoms with van der Waals surface area (Å²) in [4.78, 5) is 32.1. The molecule has 0 radical (unpaired) electrons. The van der Waals surface area contributed by atoms with Gasteiger partial charge in [-0.1, -0.05) is 19.1 Å². The molecule has 1 aromatic carbocycles. The summed E-state index contributed by atoms with van der Waals surface area (Å²) in [6, 6.07) is 7.59. The second-order valence-corrected chi connectivity index (χ2v) is 7.32. The number of aliphatic imine (C=N–C) groups is 1. The van der Waals surface area contributed by atoms with E-state index in [1.807, 2.05) is 31.2 Å². The Hall–Kier alpha value is -2.94. The van der Waals surface area contributed by atoms with Crippen LogP contribution in [-0.4, -0.2) is 22.8 Å². The molecule has 27 heavy (non-hydrogen) atoms. The summed E-state index contributed by atoms with van der Waals surface area (Å²) in [6.45, 7) is 3.37. The molecule has 1 unspecified atom stereocenters. The third kappa shape index (κ3) is 6.37. The predicted octanol–water partition coefficient (Wildman–Crippen LogP) is 1.77. The summed E-state index contributed by atoms with van der Waals surface area (Å²) in [5.74, 6) is -0.580. The molecule has 7 N–H and O–H groups in total. The third-order valence-electron chi connectivity index (χ3n) is 3.81. The van der Waals surface area contributed by atoms with Gasteiger partial charge in [-0.2, -0.15) is 0 Å². The van der Waals surface area contributed by atoms with Crippen LogP contribution in [0.3, 0.4) is 0 Å². The van der Waals surface area contributed by atoms with Crippen LogP contribution in [-0.2, 0) is 22.4 Å². The number of guanidine groups is 1. The minimum atomic E-state index is -0.363. The Labute approximate surface area is 161 Å². The van der Waals surface area contributed by atoms with Crippen molar-refractivity contribution in [1.82, 2.24) is 4.98 Å². The Morgan fingerprint density at radius 2 is 1.85 bits per heavy atom. The second-order valence-electron chi connectivity index (χ2n) is 6.29. The van der Waals surface area contributed by atoms with E-state index in [2.05, 4.69) is 15.3 Å². The molecule has 0 saturated carbocycles. The van der Waals surface area contributed by atoms with E-state index in [0.717, 1.165) is 22.6 Å². The number of primary amides is 1. The van der Waals surface area contributed by atoms with Gasteiger partial charge in [-0.3, -0.25) is 9.59 Å². The summed E-state index contributed by atoms with van der Waals surface area (Å²) in [5, 5.41) is 3.25. The molecule has 9 heteroatoms. The molecule has 0 bridgehead atoms. The monoisotopic (exact) mass is 388 g/mol. The lowest BCUT2D eigenvalue weighted by molar-refractivity contribution is -0.118. The highest BCUT2D eigenvalue weighted by Gasteiger charge is 2.19. The van der Waals surface area contributed by atoms with Gasteiger partial charge >= 0.3 is 0 Å². The second kappa shape index (κ2) is 9.13. The molecule has 0 aliphatic rings. The minimum Gasteiger partial charge on any atom is -0.370 e. The SMILES string of the molecule is CC(=O)Nc1nc(CCc2ccc(N=C(N)N)cc2)c(C(C)CC(N)=O)s1. The van der Waals surface area contributed by atoms with Crippen LogP contribution in [0.5, 0.6) is 0 Å². The van der Waals surface area contributed by atoms with Crippen molar-refractivity contribution in [2.45, 2.75) is 39.0 Å². The van der Waals surface area contributed by atoms with Gasteiger partial charge in [0.15, 0.2) is 11.1 Å². The highest BCUT2D eigenvalue weighted by atomic mass is 32.1. The van der Waals surface area contributed by atoms with E-state index in [1.54, 1.807) is 0 Å². The number of nitrogens with zero attached hydrogens (tertiary/aromatic N) is 2. The average Bonchev–Trinajstić information content (AvgIpc) is 2.95. The molecule has 144 valence electrons. The first-order chi connectivity index (χ1) is 12.7. The number of carbonyl (C=O) groups excluding carboxylic acids is 2. The number of aryl methyl sites for hydroxylation is 2. The summed E-state index contributed by atoms with van der Waals surface area (Å²) in [7, 11) is 0. The third-order valence-corrected chi connectivity index (χ3v) is 5.06. The van der Waals surface area contributed by atoms with Crippen LogP contribution in [0.1, 0.15) is 42.3 Å². The van der Waals surface area contributed by atoms with Crippen LogP contribution in [0.2, 0.25) is 0 Å². The molecule has 2 rings (SSSR count). The van der Waals surface area contributed by atoms with E-state index < -0.39 is 0 Å². The molecule has 1 atom stereocenters. The fourth-order valence-corrected chi connectivity index (χ4v) is 3.78. The van der Waals surface area contributed by atoms with E-state index in [0.29, 0.717) is 17.2 Å². The minimum absolute atomic E-state index is 0.0174. The van der Waals surface area contributed by atoms with Gasteiger partial charge in [0.2, 0.25) is 11.8 Å². The molecule has 2 aromatic rings. The summed E-state index contributed by atoms with van der Waals surface area (Å²) < 4.78 is 0. The van der Waals surface area contributed by atoms with Crippen LogP contribution in [0.4, 0.5) is 10.8 Å². The van der Waals surface area contributed by atoms with Gasteiger partial charge in [0.1, 0.15) is 0 Å². The zero-order valence-corrected chi connectivity index (χ0v) is 16.2. The molecular weight excluding hydrogens is 364 g/mol. The number of rotatable bonds is 8. The number of anilines is 1. The average molecular weight is 388 g/mol. The molecule has 0 saturated heterocycles. The van der Waals surface area contributed by atoms with Crippen molar-refractivity contribution in [3.63, 3.8) is 0 Å². The fourth-order valence-electron chi connectivity index (χ4n) is 2.68. The van der Waals surface area contributed by atoms with Gasteiger partial charge in [-0.15, -0.1) is 11.3 Å². The number of benzene rings is 1. The van der Waals surface area contributed by atoms with Crippen molar-refractivity contribution in [3.8, 4) is 0 Å². The zero-order chi connectivity index (χ0) is 20.0. The van der Waals surface area contributed by atoms with Crippen molar-refractivity contribution >= 4 is 39.9 Å². The lowest BCUT2D eigenvalue weighted by atomic mass is 10.0. The van der Waals surface area contributed by atoms with Crippen LogP contribution in [0.15, 0.2) is 29.3 Å². The standard InChI is InChI=1S/C18H24N6O2S/c1-10(9-15(19)26)16-14(24-18(27-16)22-11(2)25)8-5-12-3-6-13(7-4-12)23-17(20)21/h3-4,6-7,10H,5,8-9H2,1-2H3,(H2,19,26)(H4,20,21,23)(H,22,24,25). The number of carbonyl (C=O) groups is 2. The van der Waals surface area contributed by atoms with Crippen molar-refractivity contribution in [2.75, 3.05) is 5.32 Å². The Morgan fingerprint density at radius 3 is 2.41 bits per heavy atom. The molecule has 0 aliphatic heterocycles. The Bertz CT molecular complexity index is 840. The molecule has 1 heterocycles. The number of nitrogens with two attached hydrogens (primary N) is 3. The van der Waals surface area contributed by atoms with Crippen LogP contribution >= 0.6 is 11.3 Å². The molecule has 2 amide bonds. The Balaban J connectivity index is 2.15. The normalized spacial score (nSPS) is 11.6. The van der Waals surface area contributed by atoms with Gasteiger partial charge in [0.25, 0.3) is 0 Å². The van der Waals surface area contributed by atoms with Crippen molar-refractivity contribution in [1.29, 1.82) is 0 Å². The highest BCUT2D eigenvalue weighted by molar-refractivity contribution is 7.16. The number of hydrogen-bond acceptors (Lipinski definition) is 5. The molecular formula is C18H24N6O2S. The van der Waals surface area contributed by atoms with Crippen molar-refractivity contribution < 1.29 is 9.59 Å². The molecule has 0 aliphatic carbocycles. The van der Waals surface area contributed by atoms with E-state index >= 15 is 0 Å². The molecule has 1 aromatic heterocycles. The quantitative estimate of drug-likeness (QED) is 0.401. The lowest BCUT2D eigenvalue weighted by Gasteiger charge is -2.09. The Morgan fingerprint density at radius 1 is 1.19 bits per heavy atom. The summed E-state index contributed by atoms with van der Waals surface area (Å²) in [5.41, 5.74) is 18.7. The number of aromatic nitrogens is 1. The highest BCUT2D eigenvalue weighted by Crippen LogP contribution is 2.32.